The van der Waals surface area contributed by atoms with Crippen molar-refractivity contribution in [2.45, 2.75) is 31.7 Å². The molecule has 2 aromatic carbocycles. The molecule has 1 saturated heterocycles. The molecule has 1 heterocycles. The van der Waals surface area contributed by atoms with Crippen molar-refractivity contribution in [3.05, 3.63) is 54.1 Å². The number of hydrogen-bond acceptors (Lipinski definition) is 8. The fourth-order valence-electron chi connectivity index (χ4n) is 3.06. The lowest BCUT2D eigenvalue weighted by Gasteiger charge is -2.14. The first-order chi connectivity index (χ1) is 15.3. The Morgan fingerprint density at radius 3 is 2.25 bits per heavy atom. The average Bonchev–Trinajstić information content (AvgIpc) is 3.27. The highest BCUT2D eigenvalue weighted by Gasteiger charge is 2.37. The smallest absolute Gasteiger partial charge is 0.338 e. The molecular formula is C21H26N4O6S. The van der Waals surface area contributed by atoms with E-state index in [1.54, 1.807) is 55.5 Å². The number of rotatable bonds is 9. The number of esters is 1. The van der Waals surface area contributed by atoms with Gasteiger partial charge in [-0.2, -0.15) is 0 Å². The van der Waals surface area contributed by atoms with Crippen molar-refractivity contribution in [1.82, 2.24) is 10.9 Å². The molecule has 0 aromatic heterocycles. The summed E-state index contributed by atoms with van der Waals surface area (Å²) in [5, 5.41) is 1.70. The Labute approximate surface area is 186 Å². The topological polar surface area (TPSA) is 135 Å². The molecule has 11 heteroatoms. The summed E-state index contributed by atoms with van der Waals surface area (Å²) >= 11 is 0. The molecule has 1 amide bonds. The lowest BCUT2D eigenvalue weighted by Crippen LogP contribution is -2.42. The summed E-state index contributed by atoms with van der Waals surface area (Å²) in [6.07, 6.45) is 0.0269. The second-order valence-corrected chi connectivity index (χ2v) is 8.82. The van der Waals surface area contributed by atoms with Crippen molar-refractivity contribution in [1.29, 1.82) is 0 Å². The summed E-state index contributed by atoms with van der Waals surface area (Å²) in [5.74, 6) is -0.205. The molecule has 0 radical (unpaired) electrons. The predicted molar refractivity (Wildman–Crippen MR) is 120 cm³/mol. The minimum absolute atomic E-state index is 0.0269. The number of sulfonamides is 1. The van der Waals surface area contributed by atoms with Crippen molar-refractivity contribution < 1.29 is 27.5 Å². The number of amides is 1. The summed E-state index contributed by atoms with van der Waals surface area (Å²) in [4.78, 5) is 24.2. The molecule has 1 fully saturated rings. The number of hydrazine groups is 1. The monoisotopic (exact) mass is 462 g/mol. The largest absolute Gasteiger partial charge is 0.494 e. The summed E-state index contributed by atoms with van der Waals surface area (Å²) < 4.78 is 38.1. The van der Waals surface area contributed by atoms with Gasteiger partial charge < -0.3 is 14.8 Å². The van der Waals surface area contributed by atoms with Gasteiger partial charge in [0.25, 0.3) is 0 Å². The fourth-order valence-corrected chi connectivity index (χ4v) is 4.33. The molecule has 1 aliphatic heterocycles. The van der Waals surface area contributed by atoms with Crippen LogP contribution in [-0.4, -0.2) is 44.9 Å². The summed E-state index contributed by atoms with van der Waals surface area (Å²) in [7, 11) is -3.79. The number of hydrogen-bond donors (Lipinski definition) is 4. The van der Waals surface area contributed by atoms with Crippen molar-refractivity contribution in [3.63, 3.8) is 0 Å². The molecule has 0 spiro atoms. The Hall–Kier alpha value is -3.15. The Bertz CT molecular complexity index is 1040. The van der Waals surface area contributed by atoms with Crippen LogP contribution in [0.3, 0.4) is 0 Å². The molecule has 10 nitrogen and oxygen atoms in total. The van der Waals surface area contributed by atoms with Gasteiger partial charge in [-0.05, 0) is 62.4 Å². The third-order valence-electron chi connectivity index (χ3n) is 4.65. The second-order valence-electron chi connectivity index (χ2n) is 6.96. The second kappa shape index (κ2) is 10.4. The minimum atomic E-state index is -3.79. The van der Waals surface area contributed by atoms with E-state index in [2.05, 4.69) is 20.9 Å². The minimum Gasteiger partial charge on any atom is -0.494 e. The van der Waals surface area contributed by atoms with Crippen molar-refractivity contribution >= 4 is 33.3 Å². The number of benzene rings is 2. The Morgan fingerprint density at radius 2 is 1.62 bits per heavy atom. The maximum absolute atomic E-state index is 12.7. The molecule has 3 rings (SSSR count). The number of anilines is 2. The molecule has 0 bridgehead atoms. The van der Waals surface area contributed by atoms with E-state index in [0.29, 0.717) is 29.3 Å². The maximum atomic E-state index is 12.7. The first kappa shape index (κ1) is 23.5. The van der Waals surface area contributed by atoms with E-state index in [-0.39, 0.29) is 13.0 Å². The van der Waals surface area contributed by atoms with Crippen molar-refractivity contribution in [2.75, 3.05) is 23.3 Å². The Balaban J connectivity index is 1.55. The molecule has 2 atom stereocenters. The summed E-state index contributed by atoms with van der Waals surface area (Å²) in [6, 6.07) is 12.0. The van der Waals surface area contributed by atoms with Crippen LogP contribution in [0.25, 0.3) is 0 Å². The molecule has 1 aliphatic rings. The third-order valence-corrected chi connectivity index (χ3v) is 6.23. The molecule has 4 N–H and O–H groups in total. The number of carbonyl (C=O) groups is 2. The lowest BCUT2D eigenvalue weighted by atomic mass is 10.2. The van der Waals surface area contributed by atoms with Gasteiger partial charge in [0.2, 0.25) is 15.9 Å². The Kier molecular flexibility index (Phi) is 7.67. The molecule has 2 aromatic rings. The quantitative estimate of drug-likeness (QED) is 0.415. The predicted octanol–water partition coefficient (Wildman–Crippen LogP) is 1.83. The van der Waals surface area contributed by atoms with Crippen LogP contribution in [0.15, 0.2) is 48.5 Å². The van der Waals surface area contributed by atoms with Crippen LogP contribution in [0.2, 0.25) is 0 Å². The van der Waals surface area contributed by atoms with E-state index in [1.807, 2.05) is 6.92 Å². The SMILES string of the molecule is CCOC(=O)c1ccc(NC(=O)C2CC(S(=O)(=O)Nc3ccc(OCC)cc3)NN2)cc1. The molecule has 172 valence electrons. The van der Waals surface area contributed by atoms with Crippen LogP contribution >= 0.6 is 0 Å². The highest BCUT2D eigenvalue weighted by atomic mass is 32.2. The van der Waals surface area contributed by atoms with Crippen LogP contribution in [0.5, 0.6) is 5.75 Å². The van der Waals surface area contributed by atoms with Gasteiger partial charge in [-0.15, -0.1) is 0 Å². The van der Waals surface area contributed by atoms with Crippen LogP contribution < -0.4 is 25.6 Å². The summed E-state index contributed by atoms with van der Waals surface area (Å²) in [6.45, 7) is 4.37. The zero-order valence-corrected chi connectivity index (χ0v) is 18.6. The third kappa shape index (κ3) is 5.96. The van der Waals surface area contributed by atoms with Gasteiger partial charge in [-0.25, -0.2) is 24.1 Å². The standard InChI is InChI=1S/C21H26N4O6S/c1-3-30-17-11-9-16(10-12-17)25-32(28,29)19-13-18(23-24-19)20(26)22-15-7-5-14(6-8-15)21(27)31-4-2/h5-12,18-19,23-25H,3-4,13H2,1-2H3,(H,22,26). The number of nitrogens with one attached hydrogen (secondary N) is 4. The van der Waals surface area contributed by atoms with Crippen molar-refractivity contribution in [2.24, 2.45) is 0 Å². The van der Waals surface area contributed by atoms with E-state index in [1.165, 1.54) is 0 Å². The zero-order chi connectivity index (χ0) is 23.1. The van der Waals surface area contributed by atoms with Gasteiger partial charge in [-0.3, -0.25) is 9.52 Å². The fraction of sp³-hybridized carbons (Fsp3) is 0.333. The summed E-state index contributed by atoms with van der Waals surface area (Å²) in [5.41, 5.74) is 6.61. The van der Waals surface area contributed by atoms with E-state index >= 15 is 0 Å². The van der Waals surface area contributed by atoms with Crippen molar-refractivity contribution in [3.8, 4) is 5.75 Å². The van der Waals surface area contributed by atoms with E-state index in [9.17, 15) is 18.0 Å². The van der Waals surface area contributed by atoms with Crippen LogP contribution in [-0.2, 0) is 19.6 Å². The molecule has 32 heavy (non-hydrogen) atoms. The van der Waals surface area contributed by atoms with E-state index in [4.69, 9.17) is 9.47 Å². The van der Waals surface area contributed by atoms with Gasteiger partial charge >= 0.3 is 5.97 Å². The molecule has 2 unspecified atom stereocenters. The molecule has 0 saturated carbocycles. The van der Waals surface area contributed by atoms with Crippen LogP contribution in [0, 0.1) is 0 Å². The average molecular weight is 463 g/mol. The highest BCUT2D eigenvalue weighted by molar-refractivity contribution is 7.93. The first-order valence-electron chi connectivity index (χ1n) is 10.2. The first-order valence-corrected chi connectivity index (χ1v) is 11.7. The lowest BCUT2D eigenvalue weighted by molar-refractivity contribution is -0.117. The highest BCUT2D eigenvalue weighted by Crippen LogP contribution is 2.20. The number of carbonyl (C=O) groups excluding carboxylic acids is 2. The Morgan fingerprint density at radius 1 is 0.969 bits per heavy atom. The number of ether oxygens (including phenoxy) is 2. The zero-order valence-electron chi connectivity index (χ0n) is 17.8. The van der Waals surface area contributed by atoms with Gasteiger partial charge in [0.05, 0.1) is 18.8 Å². The van der Waals surface area contributed by atoms with Crippen LogP contribution in [0.4, 0.5) is 11.4 Å². The van der Waals surface area contributed by atoms with Crippen LogP contribution in [0.1, 0.15) is 30.6 Å². The van der Waals surface area contributed by atoms with Gasteiger partial charge in [0.15, 0.2) is 0 Å². The normalized spacial score (nSPS) is 18.1. The van der Waals surface area contributed by atoms with Gasteiger partial charge in [-0.1, -0.05) is 0 Å². The van der Waals surface area contributed by atoms with E-state index in [0.717, 1.165) is 0 Å². The van der Waals surface area contributed by atoms with Gasteiger partial charge in [0, 0.05) is 17.8 Å². The van der Waals surface area contributed by atoms with E-state index < -0.39 is 33.3 Å². The molecular weight excluding hydrogens is 436 g/mol. The van der Waals surface area contributed by atoms with Gasteiger partial charge in [0.1, 0.15) is 17.2 Å². The maximum Gasteiger partial charge on any atom is 0.338 e. The molecule has 0 aliphatic carbocycles.